The Bertz CT molecular complexity index is 799. The van der Waals surface area contributed by atoms with Gasteiger partial charge in [0.25, 0.3) is 0 Å². The first-order chi connectivity index (χ1) is 9.68. The standard InChI is InChI=1S/C18H16O2/c1-12(2)16-17(13-8-4-3-5-9-13)14-10-6-7-11-15(14)20-18(16)19/h3-12H,1-2H3. The molecule has 3 rings (SSSR count). The third kappa shape index (κ3) is 2.03. The van der Waals surface area contributed by atoms with Gasteiger partial charge in [-0.3, -0.25) is 0 Å². The summed E-state index contributed by atoms with van der Waals surface area (Å²) in [4.78, 5) is 12.3. The molecule has 0 unspecified atom stereocenters. The van der Waals surface area contributed by atoms with Crippen LogP contribution in [0.1, 0.15) is 25.3 Å². The van der Waals surface area contributed by atoms with E-state index in [1.54, 1.807) is 0 Å². The van der Waals surface area contributed by atoms with E-state index in [4.69, 9.17) is 4.42 Å². The molecule has 0 radical (unpaired) electrons. The number of fused-ring (bicyclic) bond motifs is 1. The molecular weight excluding hydrogens is 248 g/mol. The van der Waals surface area contributed by atoms with Gasteiger partial charge < -0.3 is 4.42 Å². The van der Waals surface area contributed by atoms with Gasteiger partial charge in [0.1, 0.15) is 5.58 Å². The number of rotatable bonds is 2. The van der Waals surface area contributed by atoms with Crippen molar-refractivity contribution in [3.8, 4) is 11.1 Å². The SMILES string of the molecule is CC(C)c1c(-c2ccccc2)c2ccccc2oc1=O. The van der Waals surface area contributed by atoms with Gasteiger partial charge in [-0.25, -0.2) is 4.79 Å². The second-order valence-electron chi connectivity index (χ2n) is 5.20. The monoisotopic (exact) mass is 264 g/mol. The van der Waals surface area contributed by atoms with Gasteiger partial charge >= 0.3 is 5.63 Å². The zero-order valence-corrected chi connectivity index (χ0v) is 11.6. The van der Waals surface area contributed by atoms with Crippen LogP contribution in [0.2, 0.25) is 0 Å². The lowest BCUT2D eigenvalue weighted by Gasteiger charge is -2.14. The van der Waals surface area contributed by atoms with Gasteiger partial charge in [0.05, 0.1) is 0 Å². The smallest absolute Gasteiger partial charge is 0.340 e. The summed E-state index contributed by atoms with van der Waals surface area (Å²) in [5.74, 6) is 0.117. The molecule has 1 aromatic heterocycles. The van der Waals surface area contributed by atoms with Crippen LogP contribution in [0.25, 0.3) is 22.1 Å². The van der Waals surface area contributed by atoms with Gasteiger partial charge in [-0.1, -0.05) is 62.4 Å². The van der Waals surface area contributed by atoms with Crippen LogP contribution < -0.4 is 5.63 Å². The average molecular weight is 264 g/mol. The van der Waals surface area contributed by atoms with Crippen molar-refractivity contribution in [3.63, 3.8) is 0 Å². The highest BCUT2D eigenvalue weighted by Gasteiger charge is 2.18. The fourth-order valence-electron chi connectivity index (χ4n) is 2.60. The van der Waals surface area contributed by atoms with E-state index in [1.807, 2.05) is 68.4 Å². The molecule has 0 atom stereocenters. The first-order valence-electron chi connectivity index (χ1n) is 6.79. The molecule has 0 saturated heterocycles. The predicted molar refractivity (Wildman–Crippen MR) is 82.0 cm³/mol. The number of hydrogen-bond acceptors (Lipinski definition) is 2. The summed E-state index contributed by atoms with van der Waals surface area (Å²) in [6, 6.07) is 17.7. The number of para-hydroxylation sites is 1. The van der Waals surface area contributed by atoms with Crippen LogP contribution in [0.15, 0.2) is 63.8 Å². The fraction of sp³-hybridized carbons (Fsp3) is 0.167. The molecule has 0 N–H and O–H groups in total. The predicted octanol–water partition coefficient (Wildman–Crippen LogP) is 4.58. The molecule has 2 heteroatoms. The zero-order chi connectivity index (χ0) is 14.1. The maximum atomic E-state index is 12.3. The average Bonchev–Trinajstić information content (AvgIpc) is 2.46. The Balaban J connectivity index is 2.49. The Kier molecular flexibility index (Phi) is 3.15. The Morgan fingerprint density at radius 3 is 2.25 bits per heavy atom. The van der Waals surface area contributed by atoms with Gasteiger partial charge in [0, 0.05) is 16.5 Å². The molecule has 0 aliphatic carbocycles. The van der Waals surface area contributed by atoms with E-state index in [2.05, 4.69) is 0 Å². The molecular formula is C18H16O2. The molecule has 0 bridgehead atoms. The molecule has 0 amide bonds. The summed E-state index contributed by atoms with van der Waals surface area (Å²) in [6.07, 6.45) is 0. The summed E-state index contributed by atoms with van der Waals surface area (Å²) in [7, 11) is 0. The van der Waals surface area contributed by atoms with Gasteiger partial charge in [0.15, 0.2) is 0 Å². The van der Waals surface area contributed by atoms with Gasteiger partial charge in [-0.2, -0.15) is 0 Å². The highest BCUT2D eigenvalue weighted by atomic mass is 16.4. The summed E-state index contributed by atoms with van der Waals surface area (Å²) in [6.45, 7) is 4.04. The van der Waals surface area contributed by atoms with E-state index in [9.17, 15) is 4.79 Å². The van der Waals surface area contributed by atoms with Crippen LogP contribution in [-0.2, 0) is 0 Å². The van der Waals surface area contributed by atoms with E-state index in [0.29, 0.717) is 5.58 Å². The van der Waals surface area contributed by atoms with Crippen molar-refractivity contribution in [2.75, 3.05) is 0 Å². The molecule has 0 aliphatic heterocycles. The van der Waals surface area contributed by atoms with E-state index in [0.717, 1.165) is 22.1 Å². The summed E-state index contributed by atoms with van der Waals surface area (Å²) in [5.41, 5.74) is 3.20. The van der Waals surface area contributed by atoms with Crippen molar-refractivity contribution in [2.24, 2.45) is 0 Å². The van der Waals surface area contributed by atoms with Crippen LogP contribution in [-0.4, -0.2) is 0 Å². The Hall–Kier alpha value is -2.35. The van der Waals surface area contributed by atoms with Crippen molar-refractivity contribution in [1.82, 2.24) is 0 Å². The van der Waals surface area contributed by atoms with E-state index >= 15 is 0 Å². The first kappa shape index (κ1) is 12.7. The minimum atomic E-state index is -0.238. The second-order valence-corrected chi connectivity index (χ2v) is 5.20. The topological polar surface area (TPSA) is 30.2 Å². The van der Waals surface area contributed by atoms with E-state index in [1.165, 1.54) is 0 Å². The number of hydrogen-bond donors (Lipinski definition) is 0. The minimum absolute atomic E-state index is 0.117. The Morgan fingerprint density at radius 2 is 1.55 bits per heavy atom. The molecule has 0 spiro atoms. The largest absolute Gasteiger partial charge is 0.422 e. The molecule has 100 valence electrons. The third-order valence-electron chi connectivity index (χ3n) is 3.49. The van der Waals surface area contributed by atoms with Crippen molar-refractivity contribution < 1.29 is 4.42 Å². The number of benzene rings is 2. The Labute approximate surface area is 117 Å². The maximum Gasteiger partial charge on any atom is 0.340 e. The molecule has 2 nitrogen and oxygen atoms in total. The third-order valence-corrected chi connectivity index (χ3v) is 3.49. The molecule has 3 aromatic rings. The van der Waals surface area contributed by atoms with Gasteiger partial charge in [0.2, 0.25) is 0 Å². The lowest BCUT2D eigenvalue weighted by atomic mass is 9.91. The zero-order valence-electron chi connectivity index (χ0n) is 11.6. The second kappa shape index (κ2) is 4.97. The highest BCUT2D eigenvalue weighted by molar-refractivity contribution is 5.95. The molecule has 0 saturated carbocycles. The molecule has 0 aliphatic rings. The van der Waals surface area contributed by atoms with Crippen LogP contribution >= 0.6 is 0 Å². The molecule has 2 aromatic carbocycles. The van der Waals surface area contributed by atoms with Crippen molar-refractivity contribution >= 4 is 11.0 Å². The first-order valence-corrected chi connectivity index (χ1v) is 6.79. The summed E-state index contributed by atoms with van der Waals surface area (Å²) < 4.78 is 5.46. The minimum Gasteiger partial charge on any atom is -0.422 e. The highest BCUT2D eigenvalue weighted by Crippen LogP contribution is 2.33. The van der Waals surface area contributed by atoms with Crippen molar-refractivity contribution in [2.45, 2.75) is 19.8 Å². The van der Waals surface area contributed by atoms with Crippen LogP contribution in [0, 0.1) is 0 Å². The van der Waals surface area contributed by atoms with E-state index in [-0.39, 0.29) is 11.5 Å². The van der Waals surface area contributed by atoms with Crippen LogP contribution in [0.4, 0.5) is 0 Å². The maximum absolute atomic E-state index is 12.3. The lowest BCUT2D eigenvalue weighted by Crippen LogP contribution is -2.11. The fourth-order valence-corrected chi connectivity index (χ4v) is 2.60. The lowest BCUT2D eigenvalue weighted by molar-refractivity contribution is 0.545. The molecule has 0 fully saturated rings. The van der Waals surface area contributed by atoms with Crippen molar-refractivity contribution in [1.29, 1.82) is 0 Å². The van der Waals surface area contributed by atoms with Crippen molar-refractivity contribution in [3.05, 3.63) is 70.6 Å². The van der Waals surface area contributed by atoms with Crippen LogP contribution in [0.3, 0.4) is 0 Å². The van der Waals surface area contributed by atoms with Gasteiger partial charge in [-0.15, -0.1) is 0 Å². The van der Waals surface area contributed by atoms with Gasteiger partial charge in [-0.05, 0) is 17.5 Å². The Morgan fingerprint density at radius 1 is 0.900 bits per heavy atom. The summed E-state index contributed by atoms with van der Waals surface area (Å²) in [5, 5.41) is 0.988. The normalized spacial score (nSPS) is 11.2. The quantitative estimate of drug-likeness (QED) is 0.634. The van der Waals surface area contributed by atoms with E-state index < -0.39 is 0 Å². The summed E-state index contributed by atoms with van der Waals surface area (Å²) >= 11 is 0. The molecule has 20 heavy (non-hydrogen) atoms. The molecule has 1 heterocycles. The van der Waals surface area contributed by atoms with Crippen LogP contribution in [0.5, 0.6) is 0 Å².